The van der Waals surface area contributed by atoms with E-state index in [0.717, 1.165) is 11.1 Å². The van der Waals surface area contributed by atoms with Gasteiger partial charge in [0.05, 0.1) is 6.04 Å². The van der Waals surface area contributed by atoms with Gasteiger partial charge in [-0.15, -0.1) is 0 Å². The van der Waals surface area contributed by atoms with Gasteiger partial charge in [-0.05, 0) is 11.1 Å². The Morgan fingerprint density at radius 1 is 0.842 bits per heavy atom. The molecule has 1 heterocycles. The van der Waals surface area contributed by atoms with Gasteiger partial charge in [0, 0.05) is 0 Å². The largest absolute Gasteiger partial charge is 0.337 e. The van der Waals surface area contributed by atoms with E-state index in [4.69, 9.17) is 4.18 Å². The second-order valence-corrected chi connectivity index (χ2v) is 5.72. The highest BCUT2D eigenvalue weighted by Crippen LogP contribution is 2.38. The molecule has 0 saturated carbocycles. The van der Waals surface area contributed by atoms with Gasteiger partial charge in [0.25, 0.3) is 0 Å². The van der Waals surface area contributed by atoms with Crippen LogP contribution in [-0.2, 0) is 14.5 Å². The molecule has 1 fully saturated rings. The molecule has 1 saturated heterocycles. The molecule has 0 spiro atoms. The van der Waals surface area contributed by atoms with Crippen molar-refractivity contribution in [2.45, 2.75) is 12.1 Å². The monoisotopic (exact) mass is 275 g/mol. The van der Waals surface area contributed by atoms with E-state index in [-0.39, 0.29) is 0 Å². The number of hydrogen-bond acceptors (Lipinski definition) is 3. The fourth-order valence-corrected chi connectivity index (χ4v) is 3.35. The van der Waals surface area contributed by atoms with E-state index in [1.807, 2.05) is 60.7 Å². The minimum absolute atomic E-state index is 0.395. The molecule has 0 bridgehead atoms. The summed E-state index contributed by atoms with van der Waals surface area (Å²) in [6, 6.07) is 18.4. The van der Waals surface area contributed by atoms with Gasteiger partial charge in [-0.1, -0.05) is 60.7 Å². The Bertz CT molecular complexity index is 602. The molecule has 4 nitrogen and oxygen atoms in total. The number of rotatable bonds is 2. The molecule has 0 amide bonds. The molecular formula is C14H13NO3S. The lowest BCUT2D eigenvalue weighted by molar-refractivity contribution is 0.220. The van der Waals surface area contributed by atoms with Gasteiger partial charge in [-0.3, -0.25) is 0 Å². The van der Waals surface area contributed by atoms with Crippen LogP contribution < -0.4 is 4.72 Å². The second kappa shape index (κ2) is 4.77. The van der Waals surface area contributed by atoms with Crippen LogP contribution in [0.3, 0.4) is 0 Å². The first-order chi connectivity index (χ1) is 9.16. The Balaban J connectivity index is 2.02. The lowest BCUT2D eigenvalue weighted by atomic mass is 9.97. The summed E-state index contributed by atoms with van der Waals surface area (Å²) >= 11 is 0. The van der Waals surface area contributed by atoms with Crippen LogP contribution in [0.15, 0.2) is 60.7 Å². The second-order valence-electron chi connectivity index (χ2n) is 4.39. The Hall–Kier alpha value is -1.69. The quantitative estimate of drug-likeness (QED) is 0.915. The zero-order valence-corrected chi connectivity index (χ0v) is 10.9. The molecule has 3 rings (SSSR count). The zero-order valence-electron chi connectivity index (χ0n) is 10.1. The summed E-state index contributed by atoms with van der Waals surface area (Å²) in [6.07, 6.45) is -0.534. The van der Waals surface area contributed by atoms with Gasteiger partial charge in [-0.25, -0.2) is 4.18 Å². The molecular weight excluding hydrogens is 262 g/mol. The van der Waals surface area contributed by atoms with Crippen molar-refractivity contribution in [2.24, 2.45) is 0 Å². The SMILES string of the molecule is O=S1(=O)N[C@@H](c2ccccc2)[C@@H](c2ccccc2)O1. The van der Waals surface area contributed by atoms with Gasteiger partial charge in [0.2, 0.25) is 0 Å². The van der Waals surface area contributed by atoms with Crippen LogP contribution in [-0.4, -0.2) is 8.42 Å². The maximum Gasteiger partial charge on any atom is 0.337 e. The first-order valence-electron chi connectivity index (χ1n) is 5.96. The van der Waals surface area contributed by atoms with Crippen molar-refractivity contribution in [1.82, 2.24) is 4.72 Å². The van der Waals surface area contributed by atoms with Crippen LogP contribution in [0.1, 0.15) is 23.3 Å². The molecule has 1 N–H and O–H groups in total. The molecule has 2 aromatic rings. The maximum absolute atomic E-state index is 11.7. The summed E-state index contributed by atoms with van der Waals surface area (Å²) in [5.74, 6) is 0. The van der Waals surface area contributed by atoms with Crippen molar-refractivity contribution >= 4 is 10.3 Å². The van der Waals surface area contributed by atoms with Crippen LogP contribution in [0.25, 0.3) is 0 Å². The lowest BCUT2D eigenvalue weighted by Gasteiger charge is -2.16. The summed E-state index contributed by atoms with van der Waals surface area (Å²) in [5, 5.41) is 0. The van der Waals surface area contributed by atoms with Crippen molar-refractivity contribution in [3.8, 4) is 0 Å². The first kappa shape index (κ1) is 12.3. The molecule has 19 heavy (non-hydrogen) atoms. The average Bonchev–Trinajstić information content (AvgIpc) is 2.77. The molecule has 5 heteroatoms. The molecule has 1 aliphatic heterocycles. The topological polar surface area (TPSA) is 55.4 Å². The maximum atomic E-state index is 11.7. The van der Waals surface area contributed by atoms with E-state index in [1.165, 1.54) is 0 Å². The van der Waals surface area contributed by atoms with Crippen LogP contribution >= 0.6 is 0 Å². The third kappa shape index (κ3) is 2.53. The van der Waals surface area contributed by atoms with E-state index >= 15 is 0 Å². The van der Waals surface area contributed by atoms with Gasteiger partial charge in [-0.2, -0.15) is 13.1 Å². The third-order valence-corrected chi connectivity index (χ3v) is 4.09. The summed E-state index contributed by atoms with van der Waals surface area (Å²) in [5.41, 5.74) is 1.72. The fourth-order valence-electron chi connectivity index (χ4n) is 2.23. The number of benzene rings is 2. The molecule has 0 aliphatic carbocycles. The van der Waals surface area contributed by atoms with E-state index in [2.05, 4.69) is 4.72 Å². The van der Waals surface area contributed by atoms with E-state index in [0.29, 0.717) is 0 Å². The predicted octanol–water partition coefficient (Wildman–Crippen LogP) is 2.33. The zero-order chi connectivity index (χ0) is 13.3. The highest BCUT2D eigenvalue weighted by molar-refractivity contribution is 7.84. The Labute approximate surface area is 112 Å². The molecule has 0 aromatic heterocycles. The standard InChI is InChI=1S/C14H13NO3S/c16-19(17)15-13(11-7-3-1-4-8-11)14(18-19)12-9-5-2-6-10-12/h1-10,13-15H/t13-,14+/m0/s1. The lowest BCUT2D eigenvalue weighted by Crippen LogP contribution is -2.20. The van der Waals surface area contributed by atoms with Gasteiger partial charge in [0.15, 0.2) is 0 Å². The Morgan fingerprint density at radius 2 is 1.37 bits per heavy atom. The van der Waals surface area contributed by atoms with Gasteiger partial charge >= 0.3 is 10.3 Å². The van der Waals surface area contributed by atoms with Crippen molar-refractivity contribution < 1.29 is 12.6 Å². The van der Waals surface area contributed by atoms with E-state index < -0.39 is 22.4 Å². The molecule has 0 unspecified atom stereocenters. The predicted molar refractivity (Wildman–Crippen MR) is 71.5 cm³/mol. The van der Waals surface area contributed by atoms with Crippen molar-refractivity contribution in [1.29, 1.82) is 0 Å². The smallest absolute Gasteiger partial charge is 0.248 e. The fraction of sp³-hybridized carbons (Fsp3) is 0.143. The minimum Gasteiger partial charge on any atom is -0.248 e. The highest BCUT2D eigenvalue weighted by atomic mass is 32.2. The minimum atomic E-state index is -3.69. The van der Waals surface area contributed by atoms with Crippen LogP contribution in [0.4, 0.5) is 0 Å². The van der Waals surface area contributed by atoms with Crippen molar-refractivity contribution in [3.05, 3.63) is 71.8 Å². The summed E-state index contributed by atoms with van der Waals surface area (Å²) in [6.45, 7) is 0. The van der Waals surface area contributed by atoms with Gasteiger partial charge < -0.3 is 0 Å². The number of hydrogen-bond donors (Lipinski definition) is 1. The van der Waals surface area contributed by atoms with Crippen LogP contribution in [0.2, 0.25) is 0 Å². The van der Waals surface area contributed by atoms with E-state index in [9.17, 15) is 8.42 Å². The normalized spacial score (nSPS) is 25.3. The summed E-state index contributed by atoms with van der Waals surface area (Å²) in [7, 11) is -3.69. The van der Waals surface area contributed by atoms with Crippen molar-refractivity contribution in [2.75, 3.05) is 0 Å². The first-order valence-corrected chi connectivity index (χ1v) is 7.37. The molecule has 1 aliphatic rings. The molecule has 2 atom stereocenters. The van der Waals surface area contributed by atoms with Crippen LogP contribution in [0.5, 0.6) is 0 Å². The van der Waals surface area contributed by atoms with E-state index in [1.54, 1.807) is 0 Å². The van der Waals surface area contributed by atoms with Gasteiger partial charge in [0.1, 0.15) is 6.10 Å². The van der Waals surface area contributed by atoms with Crippen molar-refractivity contribution in [3.63, 3.8) is 0 Å². The Kier molecular flexibility index (Phi) is 3.10. The molecule has 2 aromatic carbocycles. The summed E-state index contributed by atoms with van der Waals surface area (Å²) < 4.78 is 31.0. The molecule has 0 radical (unpaired) electrons. The molecule has 98 valence electrons. The third-order valence-electron chi connectivity index (χ3n) is 3.09. The highest BCUT2D eigenvalue weighted by Gasteiger charge is 2.39. The number of nitrogens with one attached hydrogen (secondary N) is 1. The van der Waals surface area contributed by atoms with Crippen LogP contribution in [0, 0.1) is 0 Å². The Morgan fingerprint density at radius 3 is 1.95 bits per heavy atom. The average molecular weight is 275 g/mol. The summed E-state index contributed by atoms with van der Waals surface area (Å²) in [4.78, 5) is 0.